The van der Waals surface area contributed by atoms with E-state index in [1.807, 2.05) is 0 Å². The standard InChI is InChI=1S/C14H19F2NO3S/c1-14(15,16)11-5-4-6-12(9-11)17-21(18,19)10-13-7-2-3-8-20-13/h4-6,9,13,17H,2-3,7-8,10H2,1H3. The lowest BCUT2D eigenvalue weighted by Gasteiger charge is -2.22. The van der Waals surface area contributed by atoms with Crippen LogP contribution >= 0.6 is 0 Å². The highest BCUT2D eigenvalue weighted by molar-refractivity contribution is 7.92. The van der Waals surface area contributed by atoms with Gasteiger partial charge in [-0.25, -0.2) is 17.2 Å². The van der Waals surface area contributed by atoms with Crippen LogP contribution in [0.5, 0.6) is 0 Å². The van der Waals surface area contributed by atoms with Crippen molar-refractivity contribution in [2.75, 3.05) is 17.1 Å². The molecule has 1 aliphatic heterocycles. The fourth-order valence-electron chi connectivity index (χ4n) is 2.26. The van der Waals surface area contributed by atoms with E-state index < -0.39 is 15.9 Å². The van der Waals surface area contributed by atoms with Crippen molar-refractivity contribution in [1.29, 1.82) is 0 Å². The molecule has 0 saturated carbocycles. The maximum atomic E-state index is 13.2. The van der Waals surface area contributed by atoms with Crippen molar-refractivity contribution in [2.45, 2.75) is 38.2 Å². The highest BCUT2D eigenvalue weighted by Crippen LogP contribution is 2.29. The molecule has 0 aromatic heterocycles. The van der Waals surface area contributed by atoms with E-state index in [0.717, 1.165) is 25.8 Å². The molecule has 7 heteroatoms. The Labute approximate surface area is 123 Å². The van der Waals surface area contributed by atoms with Crippen LogP contribution in [0.2, 0.25) is 0 Å². The molecule has 0 spiro atoms. The lowest BCUT2D eigenvalue weighted by Crippen LogP contribution is -2.30. The summed E-state index contributed by atoms with van der Waals surface area (Å²) in [5.41, 5.74) is -0.0820. The van der Waals surface area contributed by atoms with Crippen molar-refractivity contribution in [1.82, 2.24) is 0 Å². The minimum absolute atomic E-state index is 0.143. The maximum absolute atomic E-state index is 13.2. The largest absolute Gasteiger partial charge is 0.377 e. The van der Waals surface area contributed by atoms with Gasteiger partial charge in [-0.2, -0.15) is 0 Å². The summed E-state index contributed by atoms with van der Waals surface area (Å²) in [6, 6.07) is 5.28. The first-order chi connectivity index (χ1) is 9.76. The van der Waals surface area contributed by atoms with Crippen LogP contribution in [0.3, 0.4) is 0 Å². The molecule has 1 unspecified atom stereocenters. The summed E-state index contributed by atoms with van der Waals surface area (Å²) in [5, 5.41) is 0. The van der Waals surface area contributed by atoms with Crippen molar-refractivity contribution >= 4 is 15.7 Å². The van der Waals surface area contributed by atoms with Crippen LogP contribution in [-0.2, 0) is 20.7 Å². The van der Waals surface area contributed by atoms with E-state index in [9.17, 15) is 17.2 Å². The maximum Gasteiger partial charge on any atom is 0.270 e. The Morgan fingerprint density at radius 3 is 2.76 bits per heavy atom. The number of hydrogen-bond donors (Lipinski definition) is 1. The van der Waals surface area contributed by atoms with Crippen LogP contribution in [0.15, 0.2) is 24.3 Å². The summed E-state index contributed by atoms with van der Waals surface area (Å²) >= 11 is 0. The molecule has 0 amide bonds. The molecule has 1 N–H and O–H groups in total. The number of hydrogen-bond acceptors (Lipinski definition) is 3. The quantitative estimate of drug-likeness (QED) is 0.907. The van der Waals surface area contributed by atoms with Gasteiger partial charge in [0.15, 0.2) is 0 Å². The first-order valence-electron chi connectivity index (χ1n) is 6.87. The second-order valence-electron chi connectivity index (χ2n) is 5.34. The second-order valence-corrected chi connectivity index (χ2v) is 7.11. The normalized spacial score (nSPS) is 20.2. The summed E-state index contributed by atoms with van der Waals surface area (Å²) in [7, 11) is -3.62. The zero-order valence-corrected chi connectivity index (χ0v) is 12.6. The number of alkyl halides is 2. The number of rotatable bonds is 5. The van der Waals surface area contributed by atoms with Crippen LogP contribution in [0.4, 0.5) is 14.5 Å². The molecule has 1 fully saturated rings. The van der Waals surface area contributed by atoms with E-state index in [4.69, 9.17) is 4.74 Å². The van der Waals surface area contributed by atoms with Crippen molar-refractivity contribution in [3.63, 3.8) is 0 Å². The predicted molar refractivity (Wildman–Crippen MR) is 77.0 cm³/mol. The molecule has 1 saturated heterocycles. The van der Waals surface area contributed by atoms with Gasteiger partial charge in [-0.15, -0.1) is 0 Å². The number of anilines is 1. The molecular formula is C14H19F2NO3S. The van der Waals surface area contributed by atoms with Gasteiger partial charge < -0.3 is 4.74 Å². The zero-order valence-electron chi connectivity index (χ0n) is 11.8. The number of ether oxygens (including phenoxy) is 1. The lowest BCUT2D eigenvalue weighted by atomic mass is 10.1. The Morgan fingerprint density at radius 1 is 1.38 bits per heavy atom. The molecule has 0 radical (unpaired) electrons. The minimum Gasteiger partial charge on any atom is -0.377 e. The van der Waals surface area contributed by atoms with Crippen molar-refractivity contribution in [3.8, 4) is 0 Å². The highest BCUT2D eigenvalue weighted by Gasteiger charge is 2.26. The topological polar surface area (TPSA) is 55.4 Å². The van der Waals surface area contributed by atoms with Gasteiger partial charge in [-0.05, 0) is 31.4 Å². The molecule has 1 aromatic carbocycles. The van der Waals surface area contributed by atoms with Gasteiger partial charge in [-0.1, -0.05) is 12.1 Å². The summed E-state index contributed by atoms with van der Waals surface area (Å²) < 4.78 is 58.3. The average Bonchev–Trinajstić information content (AvgIpc) is 2.38. The van der Waals surface area contributed by atoms with Crippen LogP contribution in [-0.4, -0.2) is 26.9 Å². The third kappa shape index (κ3) is 4.93. The third-order valence-electron chi connectivity index (χ3n) is 3.32. The Morgan fingerprint density at radius 2 is 2.14 bits per heavy atom. The van der Waals surface area contributed by atoms with Crippen molar-refractivity contribution in [3.05, 3.63) is 29.8 Å². The summed E-state index contributed by atoms with van der Waals surface area (Å²) in [6.45, 7) is 1.34. The van der Waals surface area contributed by atoms with Gasteiger partial charge in [0.05, 0.1) is 11.9 Å². The Balaban J connectivity index is 2.06. The fourth-order valence-corrected chi connectivity index (χ4v) is 3.58. The summed E-state index contributed by atoms with van der Waals surface area (Å²) in [6.07, 6.45) is 2.26. The van der Waals surface area contributed by atoms with Gasteiger partial charge >= 0.3 is 0 Å². The molecule has 4 nitrogen and oxygen atoms in total. The van der Waals surface area contributed by atoms with Crippen molar-refractivity contribution in [2.24, 2.45) is 0 Å². The van der Waals surface area contributed by atoms with E-state index in [-0.39, 0.29) is 23.1 Å². The highest BCUT2D eigenvalue weighted by atomic mass is 32.2. The van der Waals surface area contributed by atoms with E-state index >= 15 is 0 Å². The van der Waals surface area contributed by atoms with Gasteiger partial charge in [0.2, 0.25) is 10.0 Å². The molecule has 21 heavy (non-hydrogen) atoms. The lowest BCUT2D eigenvalue weighted by molar-refractivity contribution is 0.0175. The number of benzene rings is 1. The molecule has 1 aliphatic rings. The van der Waals surface area contributed by atoms with Crippen LogP contribution < -0.4 is 4.72 Å². The smallest absolute Gasteiger partial charge is 0.270 e. The van der Waals surface area contributed by atoms with Gasteiger partial charge in [0.25, 0.3) is 5.92 Å². The number of sulfonamides is 1. The third-order valence-corrected chi connectivity index (χ3v) is 4.68. The Bertz CT molecular complexity index is 578. The Hall–Kier alpha value is -1.21. The average molecular weight is 319 g/mol. The van der Waals surface area contributed by atoms with E-state index in [2.05, 4.69) is 4.72 Å². The van der Waals surface area contributed by atoms with Crippen LogP contribution in [0, 0.1) is 0 Å². The fraction of sp³-hybridized carbons (Fsp3) is 0.571. The summed E-state index contributed by atoms with van der Waals surface area (Å²) in [5.74, 6) is -3.16. The molecule has 1 aromatic rings. The minimum atomic E-state index is -3.62. The molecule has 0 bridgehead atoms. The monoisotopic (exact) mass is 319 g/mol. The molecule has 1 heterocycles. The molecule has 0 aliphatic carbocycles. The van der Waals surface area contributed by atoms with Gasteiger partial charge in [-0.3, -0.25) is 4.72 Å². The first-order valence-corrected chi connectivity index (χ1v) is 8.52. The molecule has 118 valence electrons. The first kappa shape index (κ1) is 16.2. The zero-order chi connectivity index (χ0) is 15.5. The van der Waals surface area contributed by atoms with E-state index in [1.165, 1.54) is 18.2 Å². The second kappa shape index (κ2) is 6.27. The SMILES string of the molecule is CC(F)(F)c1cccc(NS(=O)(=O)CC2CCCCO2)c1. The van der Waals surface area contributed by atoms with Crippen LogP contribution in [0.25, 0.3) is 0 Å². The molecule has 2 rings (SSSR count). The van der Waals surface area contributed by atoms with Gasteiger partial charge in [0.1, 0.15) is 0 Å². The molecule has 1 atom stereocenters. The number of halogens is 2. The van der Waals surface area contributed by atoms with E-state index in [0.29, 0.717) is 13.0 Å². The number of nitrogens with one attached hydrogen (secondary N) is 1. The summed E-state index contributed by atoms with van der Waals surface area (Å²) in [4.78, 5) is 0. The van der Waals surface area contributed by atoms with E-state index in [1.54, 1.807) is 0 Å². The van der Waals surface area contributed by atoms with Crippen molar-refractivity contribution < 1.29 is 21.9 Å². The van der Waals surface area contributed by atoms with Gasteiger partial charge in [0, 0.05) is 24.8 Å². The molecular weight excluding hydrogens is 300 g/mol. The Kier molecular flexibility index (Phi) is 4.83. The van der Waals surface area contributed by atoms with Crippen LogP contribution in [0.1, 0.15) is 31.7 Å². The predicted octanol–water partition coefficient (Wildman–Crippen LogP) is 3.11.